The normalized spacial score (nSPS) is 12.2. The van der Waals surface area contributed by atoms with Crippen molar-refractivity contribution in [1.29, 1.82) is 0 Å². The summed E-state index contributed by atoms with van der Waals surface area (Å²) in [4.78, 5) is 0. The van der Waals surface area contributed by atoms with Gasteiger partial charge >= 0.3 is 0 Å². The summed E-state index contributed by atoms with van der Waals surface area (Å²) in [5.74, 6) is 2.52. The summed E-state index contributed by atoms with van der Waals surface area (Å²) < 4.78 is 0. The fourth-order valence-corrected chi connectivity index (χ4v) is 1.55. The molecule has 1 atom stereocenters. The Balaban J connectivity index is 2.96. The highest BCUT2D eigenvalue weighted by Gasteiger charge is 2.08. The van der Waals surface area contributed by atoms with Crippen molar-refractivity contribution in [1.82, 2.24) is 0 Å². The predicted molar refractivity (Wildman–Crippen MR) is 56.6 cm³/mol. The molecule has 0 aliphatic rings. The predicted octanol–water partition coefficient (Wildman–Crippen LogP) is 2.67. The van der Waals surface area contributed by atoms with E-state index in [0.29, 0.717) is 11.4 Å². The summed E-state index contributed by atoms with van der Waals surface area (Å²) in [6.07, 6.45) is 5.69. The van der Waals surface area contributed by atoms with Crippen molar-refractivity contribution in [3.63, 3.8) is 0 Å². The van der Waals surface area contributed by atoms with E-state index < -0.39 is 0 Å². The van der Waals surface area contributed by atoms with Gasteiger partial charge in [0.1, 0.15) is 0 Å². The van der Waals surface area contributed by atoms with Crippen molar-refractivity contribution in [3.05, 3.63) is 34.3 Å². The molecule has 2 heteroatoms. The number of halogens is 1. The second kappa shape index (κ2) is 4.32. The molecule has 68 valence electrons. The van der Waals surface area contributed by atoms with Gasteiger partial charge in [0, 0.05) is 17.5 Å². The van der Waals surface area contributed by atoms with E-state index in [2.05, 4.69) is 5.92 Å². The van der Waals surface area contributed by atoms with Gasteiger partial charge in [-0.15, -0.1) is 12.3 Å². The molecule has 0 aliphatic carbocycles. The van der Waals surface area contributed by atoms with Crippen LogP contribution in [0.25, 0.3) is 0 Å². The number of rotatable bonds is 2. The average Bonchev–Trinajstić information content (AvgIpc) is 2.04. The second-order valence-corrected chi connectivity index (χ2v) is 3.45. The zero-order valence-corrected chi connectivity index (χ0v) is 8.31. The van der Waals surface area contributed by atoms with E-state index >= 15 is 0 Å². The molecule has 0 heterocycles. The molecule has 0 aromatic heterocycles. The van der Waals surface area contributed by atoms with Gasteiger partial charge in [-0.2, -0.15) is 0 Å². The van der Waals surface area contributed by atoms with Gasteiger partial charge in [-0.05, 0) is 24.1 Å². The summed E-state index contributed by atoms with van der Waals surface area (Å²) in [6, 6.07) is 5.66. The minimum Gasteiger partial charge on any atom is -0.323 e. The van der Waals surface area contributed by atoms with Crippen LogP contribution in [0.2, 0.25) is 5.02 Å². The molecule has 0 bridgehead atoms. The topological polar surface area (TPSA) is 26.0 Å². The zero-order chi connectivity index (χ0) is 9.84. The minimum atomic E-state index is -0.155. The third-order valence-electron chi connectivity index (χ3n) is 1.89. The molecule has 0 saturated carbocycles. The lowest BCUT2D eigenvalue weighted by molar-refractivity contribution is 0.754. The highest BCUT2D eigenvalue weighted by Crippen LogP contribution is 2.24. The van der Waals surface area contributed by atoms with Crippen LogP contribution in [-0.4, -0.2) is 0 Å². The summed E-state index contributed by atoms with van der Waals surface area (Å²) >= 11 is 6.01. The average molecular weight is 194 g/mol. The maximum absolute atomic E-state index is 6.01. The first-order valence-corrected chi connectivity index (χ1v) is 4.48. The Bertz CT molecular complexity index is 338. The summed E-state index contributed by atoms with van der Waals surface area (Å²) in [5, 5.41) is 0.697. The molecule has 1 unspecified atom stereocenters. The van der Waals surface area contributed by atoms with E-state index in [9.17, 15) is 0 Å². The van der Waals surface area contributed by atoms with Gasteiger partial charge in [-0.25, -0.2) is 0 Å². The van der Waals surface area contributed by atoms with E-state index in [1.807, 2.05) is 25.1 Å². The van der Waals surface area contributed by atoms with Crippen molar-refractivity contribution in [2.45, 2.75) is 19.4 Å². The third-order valence-corrected chi connectivity index (χ3v) is 2.22. The first kappa shape index (κ1) is 10.1. The van der Waals surface area contributed by atoms with Gasteiger partial charge in [0.2, 0.25) is 0 Å². The Morgan fingerprint density at radius 1 is 1.62 bits per heavy atom. The quantitative estimate of drug-likeness (QED) is 0.719. The highest BCUT2D eigenvalue weighted by atomic mass is 35.5. The van der Waals surface area contributed by atoms with Crippen LogP contribution in [0.5, 0.6) is 0 Å². The first-order chi connectivity index (χ1) is 6.15. The fraction of sp³-hybridized carbons (Fsp3) is 0.273. The lowest BCUT2D eigenvalue weighted by Crippen LogP contribution is -2.09. The number of aryl methyl sites for hydroxylation is 1. The molecular weight excluding hydrogens is 182 g/mol. The lowest BCUT2D eigenvalue weighted by Gasteiger charge is -2.10. The lowest BCUT2D eigenvalue weighted by atomic mass is 10.0. The van der Waals surface area contributed by atoms with Crippen LogP contribution in [0.4, 0.5) is 0 Å². The van der Waals surface area contributed by atoms with Crippen LogP contribution >= 0.6 is 11.6 Å². The Morgan fingerprint density at radius 2 is 2.31 bits per heavy atom. The van der Waals surface area contributed by atoms with Crippen LogP contribution in [-0.2, 0) is 0 Å². The minimum absolute atomic E-state index is 0.155. The van der Waals surface area contributed by atoms with E-state index in [1.165, 1.54) is 0 Å². The monoisotopic (exact) mass is 193 g/mol. The standard InChI is InChI=1S/C11H12ClN/c1-3-4-11(13)9-6-5-8(2)7-10(9)12/h1,5-7,11H,4,13H2,2H3. The smallest absolute Gasteiger partial charge is 0.0456 e. The van der Waals surface area contributed by atoms with Gasteiger partial charge in [0.15, 0.2) is 0 Å². The van der Waals surface area contributed by atoms with Crippen molar-refractivity contribution in [3.8, 4) is 12.3 Å². The van der Waals surface area contributed by atoms with E-state index in [1.54, 1.807) is 0 Å². The van der Waals surface area contributed by atoms with Gasteiger partial charge in [0.05, 0.1) is 0 Å². The zero-order valence-electron chi connectivity index (χ0n) is 7.55. The first-order valence-electron chi connectivity index (χ1n) is 4.10. The van der Waals surface area contributed by atoms with Crippen LogP contribution in [0.15, 0.2) is 18.2 Å². The van der Waals surface area contributed by atoms with Crippen molar-refractivity contribution in [2.75, 3.05) is 0 Å². The van der Waals surface area contributed by atoms with Crippen molar-refractivity contribution >= 4 is 11.6 Å². The van der Waals surface area contributed by atoms with E-state index in [0.717, 1.165) is 11.1 Å². The number of nitrogens with two attached hydrogens (primary N) is 1. The molecule has 0 spiro atoms. The third kappa shape index (κ3) is 2.48. The molecule has 0 amide bonds. The van der Waals surface area contributed by atoms with E-state index in [-0.39, 0.29) is 6.04 Å². The number of hydrogen-bond donors (Lipinski definition) is 1. The molecule has 0 fully saturated rings. The largest absolute Gasteiger partial charge is 0.323 e. The van der Waals surface area contributed by atoms with Crippen LogP contribution < -0.4 is 5.73 Å². The Kier molecular flexibility index (Phi) is 3.36. The Morgan fingerprint density at radius 3 is 2.85 bits per heavy atom. The second-order valence-electron chi connectivity index (χ2n) is 3.04. The maximum atomic E-state index is 6.01. The maximum Gasteiger partial charge on any atom is 0.0456 e. The van der Waals surface area contributed by atoms with Gasteiger partial charge in [-0.1, -0.05) is 23.7 Å². The highest BCUT2D eigenvalue weighted by molar-refractivity contribution is 6.31. The number of hydrogen-bond acceptors (Lipinski definition) is 1. The fourth-order valence-electron chi connectivity index (χ4n) is 1.17. The molecule has 0 saturated heterocycles. The SMILES string of the molecule is C#CCC(N)c1ccc(C)cc1Cl. The molecule has 13 heavy (non-hydrogen) atoms. The van der Waals surface area contributed by atoms with Gasteiger partial charge < -0.3 is 5.73 Å². The number of benzene rings is 1. The molecular formula is C11H12ClN. The summed E-state index contributed by atoms with van der Waals surface area (Å²) in [5.41, 5.74) is 7.88. The molecule has 1 aromatic rings. The molecule has 2 N–H and O–H groups in total. The van der Waals surface area contributed by atoms with Gasteiger partial charge in [0.25, 0.3) is 0 Å². The molecule has 1 nitrogen and oxygen atoms in total. The van der Waals surface area contributed by atoms with Gasteiger partial charge in [-0.3, -0.25) is 0 Å². The molecule has 0 radical (unpaired) electrons. The van der Waals surface area contributed by atoms with Crippen LogP contribution in [0.3, 0.4) is 0 Å². The van der Waals surface area contributed by atoms with Crippen molar-refractivity contribution in [2.24, 2.45) is 5.73 Å². The number of terminal acetylenes is 1. The summed E-state index contributed by atoms with van der Waals surface area (Å²) in [7, 11) is 0. The Labute approximate surface area is 83.9 Å². The van der Waals surface area contributed by atoms with Crippen molar-refractivity contribution < 1.29 is 0 Å². The molecule has 1 rings (SSSR count). The van der Waals surface area contributed by atoms with Crippen LogP contribution in [0.1, 0.15) is 23.6 Å². The van der Waals surface area contributed by atoms with E-state index in [4.69, 9.17) is 23.8 Å². The Hall–Kier alpha value is -0.970. The summed E-state index contributed by atoms with van der Waals surface area (Å²) in [6.45, 7) is 1.99. The van der Waals surface area contributed by atoms with Crippen LogP contribution in [0, 0.1) is 19.3 Å². The molecule has 1 aromatic carbocycles. The molecule has 0 aliphatic heterocycles.